The lowest BCUT2D eigenvalue weighted by Gasteiger charge is -2.36. The highest BCUT2D eigenvalue weighted by atomic mass is 16.5. The molecule has 0 amide bonds. The van der Waals surface area contributed by atoms with Crippen LogP contribution in [0.5, 0.6) is 5.75 Å². The van der Waals surface area contributed by atoms with Crippen LogP contribution in [-0.4, -0.2) is 30.8 Å². The van der Waals surface area contributed by atoms with Gasteiger partial charge in [-0.3, -0.25) is 0 Å². The Bertz CT molecular complexity index is 880. The van der Waals surface area contributed by atoms with Crippen molar-refractivity contribution < 1.29 is 4.74 Å². The molecule has 1 aliphatic heterocycles. The average Bonchev–Trinajstić information content (AvgIpc) is 3.07. The topological polar surface area (TPSA) is 29.4 Å². The van der Waals surface area contributed by atoms with Crippen LogP contribution >= 0.6 is 0 Å². The fourth-order valence-electron chi connectivity index (χ4n) is 3.96. The molecule has 1 aliphatic rings. The van der Waals surface area contributed by atoms with Gasteiger partial charge in [0.1, 0.15) is 5.75 Å². The molecule has 0 radical (unpaired) electrons. The molecule has 0 bridgehead atoms. The minimum Gasteiger partial charge on any atom is -0.497 e. The zero-order chi connectivity index (χ0) is 17.9. The molecule has 0 saturated carbocycles. The Labute approximate surface area is 155 Å². The summed E-state index contributed by atoms with van der Waals surface area (Å²) in [5, 5.41) is 4.79. The van der Waals surface area contributed by atoms with Crippen molar-refractivity contribution in [2.75, 3.05) is 25.1 Å². The fourth-order valence-corrected chi connectivity index (χ4v) is 3.96. The van der Waals surface area contributed by atoms with Gasteiger partial charge in [-0.25, -0.2) is 0 Å². The number of hydrogen-bond acceptors (Lipinski definition) is 3. The van der Waals surface area contributed by atoms with Crippen LogP contribution in [0.25, 0.3) is 10.9 Å². The summed E-state index contributed by atoms with van der Waals surface area (Å²) in [4.78, 5) is 2.57. The number of nitrogens with zero attached hydrogens (tertiary/aromatic N) is 2. The lowest BCUT2D eigenvalue weighted by atomic mass is 10.0. The summed E-state index contributed by atoms with van der Waals surface area (Å²) in [6.07, 6.45) is 4.49. The lowest BCUT2D eigenvalue weighted by Crippen LogP contribution is -2.43. The molecule has 1 saturated heterocycles. The van der Waals surface area contributed by atoms with Crippen molar-refractivity contribution in [2.45, 2.75) is 25.4 Å². The van der Waals surface area contributed by atoms with E-state index in [1.54, 1.807) is 7.11 Å². The molecule has 4 rings (SSSR count). The molecule has 1 fully saturated rings. The number of anilines is 1. The van der Waals surface area contributed by atoms with Gasteiger partial charge in [0, 0.05) is 42.4 Å². The fraction of sp³-hybridized carbons (Fsp3) is 0.364. The van der Waals surface area contributed by atoms with Crippen molar-refractivity contribution in [3.8, 4) is 5.75 Å². The number of ether oxygens (including phenoxy) is 1. The molecule has 0 spiro atoms. The quantitative estimate of drug-likeness (QED) is 0.756. The van der Waals surface area contributed by atoms with Crippen LogP contribution in [0.15, 0.2) is 54.7 Å². The molecule has 0 atom stereocenters. The number of aromatic nitrogens is 1. The number of hydrogen-bond donors (Lipinski definition) is 1. The Hall–Kier alpha value is -2.46. The van der Waals surface area contributed by atoms with Crippen LogP contribution in [0.2, 0.25) is 0 Å². The molecule has 4 nitrogen and oxygen atoms in total. The summed E-state index contributed by atoms with van der Waals surface area (Å²) in [6, 6.07) is 18.0. The predicted molar refractivity (Wildman–Crippen MR) is 108 cm³/mol. The number of piperidine rings is 1. The summed E-state index contributed by atoms with van der Waals surface area (Å²) in [5.74, 6) is 0.922. The van der Waals surface area contributed by atoms with Gasteiger partial charge >= 0.3 is 0 Å². The Morgan fingerprint density at radius 2 is 1.96 bits per heavy atom. The zero-order valence-corrected chi connectivity index (χ0v) is 15.6. The number of fused-ring (bicyclic) bond motifs is 1. The minimum atomic E-state index is 0.559. The van der Waals surface area contributed by atoms with Crippen molar-refractivity contribution in [3.63, 3.8) is 0 Å². The third kappa shape index (κ3) is 3.42. The van der Waals surface area contributed by atoms with E-state index in [1.807, 2.05) is 6.07 Å². The maximum atomic E-state index is 5.42. The first-order valence-corrected chi connectivity index (χ1v) is 9.40. The van der Waals surface area contributed by atoms with E-state index >= 15 is 0 Å². The summed E-state index contributed by atoms with van der Waals surface area (Å²) >= 11 is 0. The molecule has 136 valence electrons. The van der Waals surface area contributed by atoms with E-state index < -0.39 is 0 Å². The third-order valence-corrected chi connectivity index (χ3v) is 5.44. The molecule has 0 aliphatic carbocycles. The second-order valence-electron chi connectivity index (χ2n) is 7.13. The van der Waals surface area contributed by atoms with Gasteiger partial charge in [0.05, 0.1) is 7.11 Å². The van der Waals surface area contributed by atoms with E-state index in [4.69, 9.17) is 4.74 Å². The summed E-state index contributed by atoms with van der Waals surface area (Å²) in [6.45, 7) is 3.08. The molecule has 1 aromatic heterocycles. The Morgan fingerprint density at radius 3 is 2.77 bits per heavy atom. The van der Waals surface area contributed by atoms with Crippen LogP contribution in [0.1, 0.15) is 18.4 Å². The summed E-state index contributed by atoms with van der Waals surface area (Å²) < 4.78 is 7.59. The van der Waals surface area contributed by atoms with Crippen molar-refractivity contribution in [3.05, 3.63) is 60.3 Å². The van der Waals surface area contributed by atoms with E-state index in [-0.39, 0.29) is 0 Å². The second kappa shape index (κ2) is 7.42. The smallest absolute Gasteiger partial charge is 0.119 e. The molecular formula is C22H27N3O. The molecule has 3 aromatic rings. The maximum Gasteiger partial charge on any atom is 0.119 e. The highest BCUT2D eigenvalue weighted by Gasteiger charge is 2.22. The summed E-state index contributed by atoms with van der Waals surface area (Å²) in [7, 11) is 3.83. The van der Waals surface area contributed by atoms with Gasteiger partial charge in [0.2, 0.25) is 0 Å². The van der Waals surface area contributed by atoms with Crippen molar-refractivity contribution >= 4 is 16.6 Å². The van der Waals surface area contributed by atoms with Crippen molar-refractivity contribution in [1.82, 2.24) is 9.88 Å². The highest BCUT2D eigenvalue weighted by Crippen LogP contribution is 2.29. The number of benzene rings is 2. The Balaban J connectivity index is 1.68. The molecular weight excluding hydrogens is 322 g/mol. The van der Waals surface area contributed by atoms with Gasteiger partial charge in [-0.1, -0.05) is 12.1 Å². The first kappa shape index (κ1) is 17.0. The van der Waals surface area contributed by atoms with E-state index in [0.717, 1.165) is 25.4 Å². The summed E-state index contributed by atoms with van der Waals surface area (Å²) in [5.41, 5.74) is 3.87. The van der Waals surface area contributed by atoms with Crippen LogP contribution in [0.3, 0.4) is 0 Å². The number of methoxy groups -OCH3 is 1. The molecule has 1 N–H and O–H groups in total. The van der Waals surface area contributed by atoms with Crippen LogP contribution in [0.4, 0.5) is 5.69 Å². The normalized spacial score (nSPS) is 15.3. The second-order valence-corrected chi connectivity index (χ2v) is 7.13. The molecule has 4 heteroatoms. The number of nitrogens with one attached hydrogen (secondary N) is 1. The van der Waals surface area contributed by atoms with Crippen LogP contribution in [0, 0.1) is 0 Å². The Kier molecular flexibility index (Phi) is 4.85. The van der Waals surface area contributed by atoms with Gasteiger partial charge in [-0.15, -0.1) is 0 Å². The van der Waals surface area contributed by atoms with Gasteiger partial charge in [0.15, 0.2) is 0 Å². The highest BCUT2D eigenvalue weighted by molar-refractivity contribution is 5.84. The predicted octanol–water partition coefficient (Wildman–Crippen LogP) is 3.95. The largest absolute Gasteiger partial charge is 0.497 e. The van der Waals surface area contributed by atoms with Gasteiger partial charge < -0.3 is 19.5 Å². The molecule has 2 aromatic carbocycles. The monoisotopic (exact) mass is 349 g/mol. The van der Waals surface area contributed by atoms with E-state index in [9.17, 15) is 0 Å². The van der Waals surface area contributed by atoms with Crippen molar-refractivity contribution in [1.29, 1.82) is 0 Å². The molecule has 2 heterocycles. The van der Waals surface area contributed by atoms with Gasteiger partial charge in [-0.2, -0.15) is 0 Å². The third-order valence-electron chi connectivity index (χ3n) is 5.44. The number of aryl methyl sites for hydroxylation is 1. The maximum absolute atomic E-state index is 5.42. The van der Waals surface area contributed by atoms with Gasteiger partial charge in [-0.05, 0) is 67.9 Å². The molecule has 0 unspecified atom stereocenters. The Morgan fingerprint density at radius 1 is 1.12 bits per heavy atom. The minimum absolute atomic E-state index is 0.559. The van der Waals surface area contributed by atoms with Gasteiger partial charge in [0.25, 0.3) is 0 Å². The average molecular weight is 349 g/mol. The SMILES string of the molecule is COc1cccc(CN(c2ccc3c(ccn3C)c2)C2CCNCC2)c1. The lowest BCUT2D eigenvalue weighted by molar-refractivity contribution is 0.412. The van der Waals surface area contributed by atoms with Crippen LogP contribution in [-0.2, 0) is 13.6 Å². The van der Waals surface area contributed by atoms with E-state index in [0.29, 0.717) is 6.04 Å². The van der Waals surface area contributed by atoms with Crippen LogP contribution < -0.4 is 15.0 Å². The van der Waals surface area contributed by atoms with E-state index in [1.165, 1.54) is 35.0 Å². The first-order chi connectivity index (χ1) is 12.7. The number of rotatable bonds is 5. The van der Waals surface area contributed by atoms with Crippen molar-refractivity contribution in [2.24, 2.45) is 7.05 Å². The standard InChI is InChI=1S/C22H27N3O/c1-24-13-10-18-15-20(6-7-22(18)24)25(19-8-11-23-12-9-19)16-17-4-3-5-21(14-17)26-2/h3-7,10,13-15,19,23H,8-9,11-12,16H2,1-2H3. The van der Waals surface area contributed by atoms with E-state index in [2.05, 4.69) is 70.5 Å². The zero-order valence-electron chi connectivity index (χ0n) is 15.6. The molecule has 26 heavy (non-hydrogen) atoms. The first-order valence-electron chi connectivity index (χ1n) is 9.40.